The average molecular weight is 610 g/mol. The number of hydrogen-bond donors (Lipinski definition) is 0. The van der Waals surface area contributed by atoms with Gasteiger partial charge in [0.15, 0.2) is 0 Å². The van der Waals surface area contributed by atoms with Crippen LogP contribution >= 0.6 is 22.7 Å². The Labute approximate surface area is 266 Å². The molecular formula is C40H23N3S2. The van der Waals surface area contributed by atoms with E-state index in [0.717, 1.165) is 49.4 Å². The minimum Gasteiger partial charge on any atom is -0.308 e. The van der Waals surface area contributed by atoms with E-state index < -0.39 is 0 Å². The van der Waals surface area contributed by atoms with Crippen molar-refractivity contribution in [2.75, 3.05) is 0 Å². The van der Waals surface area contributed by atoms with Gasteiger partial charge >= 0.3 is 0 Å². The second-order valence-corrected chi connectivity index (χ2v) is 13.4. The minimum absolute atomic E-state index is 0.988. The summed E-state index contributed by atoms with van der Waals surface area (Å²) in [5.74, 6) is 0. The van der Waals surface area contributed by atoms with Gasteiger partial charge in [0.25, 0.3) is 0 Å². The van der Waals surface area contributed by atoms with Gasteiger partial charge in [-0.1, -0.05) is 91.0 Å². The standard InChI is InChI=1S/C40H23N3S2/c1-2-10-24(11-3-1)43-34-18-6-4-13-31(34)37-35(43)23-22-32(41-37)29-16-8-14-26-27-15-9-17-30(39(27)45-38(26)29)33-21-20-28-25-12-5-7-19-36(25)44-40(28)42-33/h1-23H. The zero-order valence-corrected chi connectivity index (χ0v) is 25.6. The van der Waals surface area contributed by atoms with Crippen molar-refractivity contribution in [3.63, 3.8) is 0 Å². The molecule has 0 aliphatic rings. The fourth-order valence-electron chi connectivity index (χ4n) is 6.81. The van der Waals surface area contributed by atoms with Crippen molar-refractivity contribution in [1.82, 2.24) is 14.5 Å². The highest BCUT2D eigenvalue weighted by molar-refractivity contribution is 7.27. The minimum atomic E-state index is 0.988. The number of hydrogen-bond acceptors (Lipinski definition) is 4. The van der Waals surface area contributed by atoms with Crippen molar-refractivity contribution in [1.29, 1.82) is 0 Å². The van der Waals surface area contributed by atoms with Crippen molar-refractivity contribution in [2.45, 2.75) is 0 Å². The van der Waals surface area contributed by atoms with E-state index in [0.29, 0.717) is 0 Å². The second kappa shape index (κ2) is 9.57. The third kappa shape index (κ3) is 3.69. The van der Waals surface area contributed by atoms with Crippen LogP contribution < -0.4 is 0 Å². The summed E-state index contributed by atoms with van der Waals surface area (Å²) in [5, 5.41) is 6.17. The molecular weight excluding hydrogens is 587 g/mol. The van der Waals surface area contributed by atoms with Gasteiger partial charge in [-0.05, 0) is 48.5 Å². The van der Waals surface area contributed by atoms with E-state index >= 15 is 0 Å². The van der Waals surface area contributed by atoms with Crippen molar-refractivity contribution in [3.05, 3.63) is 140 Å². The molecule has 5 aromatic heterocycles. The summed E-state index contributed by atoms with van der Waals surface area (Å²) in [4.78, 5) is 11.6. The monoisotopic (exact) mass is 609 g/mol. The Bertz CT molecular complexity index is 2770. The summed E-state index contributed by atoms with van der Waals surface area (Å²) in [5.41, 5.74) is 8.77. The van der Waals surface area contributed by atoms with Crippen LogP contribution in [0.2, 0.25) is 0 Å². The number of aromatic nitrogens is 3. The number of pyridine rings is 2. The first-order chi connectivity index (χ1) is 22.3. The predicted octanol–water partition coefficient (Wildman–Crippen LogP) is 11.6. The first-order valence-electron chi connectivity index (χ1n) is 15.0. The van der Waals surface area contributed by atoms with Gasteiger partial charge in [0.1, 0.15) is 4.83 Å². The van der Waals surface area contributed by atoms with Crippen LogP contribution in [-0.4, -0.2) is 14.5 Å². The highest BCUT2D eigenvalue weighted by Gasteiger charge is 2.18. The molecule has 0 unspecified atom stereocenters. The molecule has 0 saturated heterocycles. The van der Waals surface area contributed by atoms with E-state index in [2.05, 4.69) is 144 Å². The van der Waals surface area contributed by atoms with Crippen molar-refractivity contribution < 1.29 is 0 Å². The number of fused-ring (bicyclic) bond motifs is 9. The van der Waals surface area contributed by atoms with Gasteiger partial charge in [0, 0.05) is 57.8 Å². The van der Waals surface area contributed by atoms with E-state index in [1.165, 1.54) is 41.2 Å². The molecule has 5 heteroatoms. The lowest BCUT2D eigenvalue weighted by atomic mass is 10.0. The molecule has 10 rings (SSSR count). The molecule has 0 atom stereocenters. The topological polar surface area (TPSA) is 30.7 Å². The zero-order valence-electron chi connectivity index (χ0n) is 23.9. The van der Waals surface area contributed by atoms with Crippen molar-refractivity contribution in [2.24, 2.45) is 0 Å². The fraction of sp³-hybridized carbons (Fsp3) is 0. The molecule has 3 nitrogen and oxygen atoms in total. The Morgan fingerprint density at radius 3 is 1.87 bits per heavy atom. The largest absolute Gasteiger partial charge is 0.308 e. The molecule has 0 bridgehead atoms. The number of benzene rings is 5. The van der Waals surface area contributed by atoms with Crippen molar-refractivity contribution in [3.8, 4) is 28.2 Å². The van der Waals surface area contributed by atoms with Gasteiger partial charge in [0.2, 0.25) is 0 Å². The van der Waals surface area contributed by atoms with Crippen molar-refractivity contribution >= 4 is 85.1 Å². The van der Waals surface area contributed by atoms with Crippen LogP contribution in [-0.2, 0) is 0 Å². The van der Waals surface area contributed by atoms with Gasteiger partial charge in [0.05, 0.1) is 27.9 Å². The van der Waals surface area contributed by atoms with E-state index in [9.17, 15) is 0 Å². The first kappa shape index (κ1) is 25.0. The number of rotatable bonds is 3. The summed E-state index contributed by atoms with van der Waals surface area (Å²) < 4.78 is 6.10. The Morgan fingerprint density at radius 1 is 0.422 bits per heavy atom. The Balaban J connectivity index is 1.17. The molecule has 0 fully saturated rings. The molecule has 45 heavy (non-hydrogen) atoms. The van der Waals surface area contributed by atoms with Gasteiger partial charge < -0.3 is 4.57 Å². The quantitative estimate of drug-likeness (QED) is 0.199. The second-order valence-electron chi connectivity index (χ2n) is 11.4. The SMILES string of the molecule is c1ccc(-n2c3ccccc3c3nc(-c4cccc5c4sc4c(-c6ccc7c(n6)sc6ccccc67)cccc45)ccc32)cc1. The van der Waals surface area contributed by atoms with E-state index in [-0.39, 0.29) is 0 Å². The van der Waals surface area contributed by atoms with Crippen LogP contribution in [0.4, 0.5) is 0 Å². The highest BCUT2D eigenvalue weighted by atomic mass is 32.1. The van der Waals surface area contributed by atoms with Gasteiger partial charge in [-0.15, -0.1) is 22.7 Å². The third-order valence-corrected chi connectivity index (χ3v) is 11.2. The van der Waals surface area contributed by atoms with Crippen LogP contribution in [0.3, 0.4) is 0 Å². The summed E-state index contributed by atoms with van der Waals surface area (Å²) in [6.07, 6.45) is 0. The Hall–Kier alpha value is -5.36. The molecule has 210 valence electrons. The van der Waals surface area contributed by atoms with Crippen LogP contribution in [0, 0.1) is 0 Å². The summed E-state index contributed by atoms with van der Waals surface area (Å²) in [6.45, 7) is 0. The molecule has 5 heterocycles. The predicted molar refractivity (Wildman–Crippen MR) is 193 cm³/mol. The average Bonchev–Trinajstić information content (AvgIpc) is 3.77. The first-order valence-corrected chi connectivity index (χ1v) is 16.6. The van der Waals surface area contributed by atoms with Gasteiger partial charge in [-0.25, -0.2) is 9.97 Å². The molecule has 5 aromatic carbocycles. The van der Waals surface area contributed by atoms with Gasteiger partial charge in [-0.3, -0.25) is 0 Å². The lowest BCUT2D eigenvalue weighted by Crippen LogP contribution is -1.93. The molecule has 0 N–H and O–H groups in total. The van der Waals surface area contributed by atoms with E-state index in [4.69, 9.17) is 9.97 Å². The fourth-order valence-corrected chi connectivity index (χ4v) is 9.23. The summed E-state index contributed by atoms with van der Waals surface area (Å²) >= 11 is 3.61. The zero-order chi connectivity index (χ0) is 29.5. The maximum atomic E-state index is 5.35. The van der Waals surface area contributed by atoms with Crippen LogP contribution in [0.5, 0.6) is 0 Å². The van der Waals surface area contributed by atoms with E-state index in [1.807, 2.05) is 11.3 Å². The molecule has 0 radical (unpaired) electrons. The number of para-hydroxylation sites is 2. The maximum Gasteiger partial charge on any atom is 0.125 e. The Kier molecular flexibility index (Phi) is 5.32. The smallest absolute Gasteiger partial charge is 0.125 e. The molecule has 0 amide bonds. The third-order valence-electron chi connectivity index (χ3n) is 8.85. The number of nitrogens with zero attached hydrogens (tertiary/aromatic N) is 3. The van der Waals surface area contributed by atoms with Gasteiger partial charge in [-0.2, -0.15) is 0 Å². The molecule has 0 saturated carbocycles. The molecule has 0 aliphatic carbocycles. The molecule has 10 aromatic rings. The summed E-state index contributed by atoms with van der Waals surface area (Å²) in [6, 6.07) is 49.7. The highest BCUT2D eigenvalue weighted by Crippen LogP contribution is 2.44. The van der Waals surface area contributed by atoms with Crippen LogP contribution in [0.25, 0.3) is 90.6 Å². The lowest BCUT2D eigenvalue weighted by molar-refractivity contribution is 1.18. The van der Waals surface area contributed by atoms with Crippen LogP contribution in [0.1, 0.15) is 0 Å². The summed E-state index contributed by atoms with van der Waals surface area (Å²) in [7, 11) is 0. The normalized spacial score (nSPS) is 12.0. The lowest BCUT2D eigenvalue weighted by Gasteiger charge is -2.08. The molecule has 0 spiro atoms. The van der Waals surface area contributed by atoms with Crippen LogP contribution in [0.15, 0.2) is 140 Å². The Morgan fingerprint density at radius 2 is 1.07 bits per heavy atom. The molecule has 0 aliphatic heterocycles. The van der Waals surface area contributed by atoms with E-state index in [1.54, 1.807) is 11.3 Å². The number of thiophene rings is 2. The maximum absolute atomic E-state index is 5.35.